The maximum absolute atomic E-state index is 11.8. The fourth-order valence-electron chi connectivity index (χ4n) is 2.26. The lowest BCUT2D eigenvalue weighted by Crippen LogP contribution is -2.14. The van der Waals surface area contributed by atoms with Crippen LogP contribution in [0, 0.1) is 10.1 Å². The lowest BCUT2D eigenvalue weighted by Gasteiger charge is -2.07. The first-order chi connectivity index (χ1) is 8.16. The summed E-state index contributed by atoms with van der Waals surface area (Å²) in [5, 5.41) is 11.0. The second-order valence-corrected chi connectivity index (χ2v) is 4.05. The highest BCUT2D eigenvalue weighted by Crippen LogP contribution is 2.22. The van der Waals surface area contributed by atoms with E-state index in [1.807, 2.05) is 4.57 Å². The standard InChI is InChI=1S/C11H9N3O3/c15-11-8-6-7(14(16)17)3-4-9(8)13-5-1-2-10(13)12-11/h3-4,6H,1-2,5H2. The molecule has 1 aliphatic rings. The number of fused-ring (bicyclic) bond motifs is 3. The lowest BCUT2D eigenvalue weighted by atomic mass is 10.2. The summed E-state index contributed by atoms with van der Waals surface area (Å²) in [7, 11) is 0. The van der Waals surface area contributed by atoms with E-state index in [1.54, 1.807) is 6.07 Å². The third kappa shape index (κ3) is 1.41. The Kier molecular flexibility index (Phi) is 1.98. The minimum Gasteiger partial charge on any atom is -0.329 e. The van der Waals surface area contributed by atoms with Crippen molar-refractivity contribution in [3.05, 3.63) is 44.5 Å². The molecule has 0 saturated carbocycles. The smallest absolute Gasteiger partial charge is 0.281 e. The molecule has 1 aromatic carbocycles. The molecular formula is C11H9N3O3. The zero-order chi connectivity index (χ0) is 12.0. The van der Waals surface area contributed by atoms with Crippen molar-refractivity contribution in [2.45, 2.75) is 19.4 Å². The quantitative estimate of drug-likeness (QED) is 0.546. The third-order valence-electron chi connectivity index (χ3n) is 3.04. The fraction of sp³-hybridized carbons (Fsp3) is 0.273. The van der Waals surface area contributed by atoms with Gasteiger partial charge in [-0.25, -0.2) is 0 Å². The second kappa shape index (κ2) is 3.38. The van der Waals surface area contributed by atoms with Crippen LogP contribution in [0.2, 0.25) is 0 Å². The number of benzene rings is 1. The summed E-state index contributed by atoms with van der Waals surface area (Å²) < 4.78 is 1.96. The van der Waals surface area contributed by atoms with E-state index in [9.17, 15) is 14.9 Å². The van der Waals surface area contributed by atoms with E-state index < -0.39 is 4.92 Å². The number of non-ortho nitro benzene ring substituents is 1. The maximum atomic E-state index is 11.8. The normalized spacial score (nSPS) is 13.9. The van der Waals surface area contributed by atoms with E-state index in [0.717, 1.165) is 30.7 Å². The molecule has 86 valence electrons. The average Bonchev–Trinajstić information content (AvgIpc) is 2.76. The molecule has 0 atom stereocenters. The molecule has 2 heterocycles. The summed E-state index contributed by atoms with van der Waals surface area (Å²) in [5.74, 6) is 0.774. The molecule has 0 radical (unpaired) electrons. The molecule has 6 nitrogen and oxygen atoms in total. The highest BCUT2D eigenvalue weighted by molar-refractivity contribution is 5.80. The van der Waals surface area contributed by atoms with Crippen LogP contribution in [0.3, 0.4) is 0 Å². The molecule has 0 saturated heterocycles. The van der Waals surface area contributed by atoms with E-state index in [0.29, 0.717) is 5.39 Å². The summed E-state index contributed by atoms with van der Waals surface area (Å²) in [4.78, 5) is 25.9. The summed E-state index contributed by atoms with van der Waals surface area (Å²) in [6, 6.07) is 4.36. The van der Waals surface area contributed by atoms with Crippen LogP contribution >= 0.6 is 0 Å². The first kappa shape index (κ1) is 9.95. The van der Waals surface area contributed by atoms with Gasteiger partial charge in [0.25, 0.3) is 11.2 Å². The molecule has 2 aromatic rings. The van der Waals surface area contributed by atoms with Crippen LogP contribution in [0.4, 0.5) is 5.69 Å². The Morgan fingerprint density at radius 3 is 3.00 bits per heavy atom. The van der Waals surface area contributed by atoms with Gasteiger partial charge in [0.1, 0.15) is 5.82 Å². The van der Waals surface area contributed by atoms with Crippen molar-refractivity contribution in [1.82, 2.24) is 9.55 Å². The Morgan fingerprint density at radius 2 is 2.24 bits per heavy atom. The van der Waals surface area contributed by atoms with Crippen molar-refractivity contribution in [2.24, 2.45) is 0 Å². The summed E-state index contributed by atoms with van der Waals surface area (Å²) in [6.45, 7) is 0.816. The van der Waals surface area contributed by atoms with Gasteiger partial charge in [0.05, 0.1) is 15.8 Å². The molecule has 1 aromatic heterocycles. The highest BCUT2D eigenvalue weighted by atomic mass is 16.6. The lowest BCUT2D eigenvalue weighted by molar-refractivity contribution is -0.384. The Hall–Kier alpha value is -2.24. The molecule has 0 amide bonds. The van der Waals surface area contributed by atoms with Crippen LogP contribution < -0.4 is 5.56 Å². The van der Waals surface area contributed by atoms with Gasteiger partial charge in [-0.15, -0.1) is 0 Å². The van der Waals surface area contributed by atoms with Crippen molar-refractivity contribution < 1.29 is 4.92 Å². The predicted molar refractivity (Wildman–Crippen MR) is 61.0 cm³/mol. The summed E-state index contributed by atoms with van der Waals surface area (Å²) >= 11 is 0. The van der Waals surface area contributed by atoms with Gasteiger partial charge in [-0.2, -0.15) is 4.98 Å². The maximum Gasteiger partial charge on any atom is 0.281 e. The van der Waals surface area contributed by atoms with Gasteiger partial charge in [-0.3, -0.25) is 14.9 Å². The Labute approximate surface area is 95.7 Å². The van der Waals surface area contributed by atoms with Gasteiger partial charge in [0.15, 0.2) is 0 Å². The van der Waals surface area contributed by atoms with Crippen molar-refractivity contribution in [3.63, 3.8) is 0 Å². The molecule has 6 heteroatoms. The number of nitro groups is 1. The van der Waals surface area contributed by atoms with Crippen LogP contribution in [-0.2, 0) is 13.0 Å². The molecule has 0 fully saturated rings. The fourth-order valence-corrected chi connectivity index (χ4v) is 2.26. The van der Waals surface area contributed by atoms with Gasteiger partial charge in [-0.1, -0.05) is 0 Å². The molecule has 0 bridgehead atoms. The molecule has 0 N–H and O–H groups in total. The number of nitrogens with zero attached hydrogens (tertiary/aromatic N) is 3. The van der Waals surface area contributed by atoms with Crippen LogP contribution in [0.15, 0.2) is 23.0 Å². The molecule has 0 unspecified atom stereocenters. The van der Waals surface area contributed by atoms with E-state index >= 15 is 0 Å². The van der Waals surface area contributed by atoms with Crippen LogP contribution in [0.5, 0.6) is 0 Å². The van der Waals surface area contributed by atoms with Gasteiger partial charge < -0.3 is 4.57 Å². The predicted octanol–water partition coefficient (Wildman–Crippen LogP) is 1.25. The Balaban J connectivity index is 2.39. The molecule has 17 heavy (non-hydrogen) atoms. The van der Waals surface area contributed by atoms with Crippen LogP contribution in [-0.4, -0.2) is 14.5 Å². The Bertz CT molecular complexity index is 690. The van der Waals surface area contributed by atoms with E-state index in [-0.39, 0.29) is 11.2 Å². The van der Waals surface area contributed by atoms with Gasteiger partial charge >= 0.3 is 0 Å². The minimum absolute atomic E-state index is 0.0741. The van der Waals surface area contributed by atoms with Crippen molar-refractivity contribution in [3.8, 4) is 0 Å². The molecule has 3 rings (SSSR count). The van der Waals surface area contributed by atoms with E-state index in [2.05, 4.69) is 4.98 Å². The van der Waals surface area contributed by atoms with E-state index in [4.69, 9.17) is 0 Å². The monoisotopic (exact) mass is 231 g/mol. The molecular weight excluding hydrogens is 222 g/mol. The topological polar surface area (TPSA) is 78.0 Å². The third-order valence-corrected chi connectivity index (χ3v) is 3.04. The molecule has 0 aliphatic carbocycles. The zero-order valence-electron chi connectivity index (χ0n) is 8.92. The summed E-state index contributed by atoms with van der Waals surface area (Å²) in [6.07, 6.45) is 1.75. The first-order valence-corrected chi connectivity index (χ1v) is 5.35. The van der Waals surface area contributed by atoms with Crippen molar-refractivity contribution in [2.75, 3.05) is 0 Å². The Morgan fingerprint density at radius 1 is 1.41 bits per heavy atom. The second-order valence-electron chi connectivity index (χ2n) is 4.05. The number of aromatic nitrogens is 2. The number of hydrogen-bond donors (Lipinski definition) is 0. The van der Waals surface area contributed by atoms with Crippen molar-refractivity contribution in [1.29, 1.82) is 0 Å². The minimum atomic E-state index is -0.503. The first-order valence-electron chi connectivity index (χ1n) is 5.35. The van der Waals surface area contributed by atoms with Gasteiger partial charge in [-0.05, 0) is 12.5 Å². The summed E-state index contributed by atoms with van der Waals surface area (Å²) in [5.41, 5.74) is 0.287. The van der Waals surface area contributed by atoms with Gasteiger partial charge in [0, 0.05) is 25.1 Å². The van der Waals surface area contributed by atoms with Crippen molar-refractivity contribution >= 4 is 16.6 Å². The molecule has 0 spiro atoms. The van der Waals surface area contributed by atoms with Gasteiger partial charge in [0.2, 0.25) is 0 Å². The SMILES string of the molecule is O=c1nc2n(c3ccc([N+](=O)[O-])cc13)CCC2. The average molecular weight is 231 g/mol. The van der Waals surface area contributed by atoms with Crippen LogP contribution in [0.25, 0.3) is 10.9 Å². The highest BCUT2D eigenvalue weighted by Gasteiger charge is 2.17. The van der Waals surface area contributed by atoms with E-state index in [1.165, 1.54) is 12.1 Å². The number of nitro benzene ring substituents is 1. The molecule has 1 aliphatic heterocycles. The number of hydrogen-bond acceptors (Lipinski definition) is 4. The number of aryl methyl sites for hydroxylation is 2. The number of rotatable bonds is 1. The van der Waals surface area contributed by atoms with Crippen LogP contribution in [0.1, 0.15) is 12.2 Å². The zero-order valence-corrected chi connectivity index (χ0v) is 8.92. The largest absolute Gasteiger partial charge is 0.329 e.